The van der Waals surface area contributed by atoms with E-state index in [9.17, 15) is 0 Å². The number of nitrogens with zero attached hydrogens (tertiary/aromatic N) is 2. The molecule has 2 N–H and O–H groups in total. The maximum atomic E-state index is 5.77. The van der Waals surface area contributed by atoms with Crippen molar-refractivity contribution in [2.24, 2.45) is 0 Å². The molecule has 5 heteroatoms. The Balaban J connectivity index is 2.04. The first-order valence-corrected chi connectivity index (χ1v) is 5.50. The van der Waals surface area contributed by atoms with Crippen molar-refractivity contribution in [1.29, 1.82) is 0 Å². The van der Waals surface area contributed by atoms with Crippen LogP contribution in [0.3, 0.4) is 0 Å². The first-order valence-electron chi connectivity index (χ1n) is 5.12. The summed E-state index contributed by atoms with van der Waals surface area (Å²) in [5.74, 6) is 1.74. The van der Waals surface area contributed by atoms with Gasteiger partial charge in [-0.1, -0.05) is 11.6 Å². The number of anilines is 1. The fraction of sp³-hybridized carbons (Fsp3) is 0.167. The predicted molar refractivity (Wildman–Crippen MR) is 67.0 cm³/mol. The van der Waals surface area contributed by atoms with E-state index in [1.807, 2.05) is 6.92 Å². The number of aromatic nitrogens is 2. The van der Waals surface area contributed by atoms with Gasteiger partial charge in [0.1, 0.15) is 18.2 Å². The highest BCUT2D eigenvalue weighted by Gasteiger charge is 2.01. The lowest BCUT2D eigenvalue weighted by atomic mass is 10.3. The van der Waals surface area contributed by atoms with E-state index in [1.54, 1.807) is 30.3 Å². The van der Waals surface area contributed by atoms with Crippen LogP contribution in [-0.4, -0.2) is 9.97 Å². The zero-order valence-electron chi connectivity index (χ0n) is 9.35. The van der Waals surface area contributed by atoms with Gasteiger partial charge in [-0.3, -0.25) is 0 Å². The maximum Gasteiger partial charge on any atom is 0.168 e. The minimum atomic E-state index is 0.285. The van der Waals surface area contributed by atoms with E-state index in [1.165, 1.54) is 0 Å². The molecule has 2 aromatic rings. The molecule has 0 spiro atoms. The normalized spacial score (nSPS) is 10.2. The highest BCUT2D eigenvalue weighted by Crippen LogP contribution is 2.16. The van der Waals surface area contributed by atoms with Crippen LogP contribution in [0.25, 0.3) is 0 Å². The molecule has 0 aliphatic heterocycles. The van der Waals surface area contributed by atoms with Crippen LogP contribution in [-0.2, 0) is 6.61 Å². The first kappa shape index (κ1) is 11.7. The van der Waals surface area contributed by atoms with Crippen LogP contribution in [0.4, 0.5) is 5.82 Å². The molecule has 0 radical (unpaired) electrons. The molecule has 0 amide bonds. The van der Waals surface area contributed by atoms with Crippen LogP contribution in [0.5, 0.6) is 5.75 Å². The Bertz CT molecular complexity index is 493. The number of hydrogen-bond acceptors (Lipinski definition) is 4. The lowest BCUT2D eigenvalue weighted by Gasteiger charge is -2.06. The fourth-order valence-corrected chi connectivity index (χ4v) is 1.53. The van der Waals surface area contributed by atoms with E-state index in [0.717, 1.165) is 11.4 Å². The quantitative estimate of drug-likeness (QED) is 0.908. The van der Waals surface area contributed by atoms with Crippen molar-refractivity contribution in [1.82, 2.24) is 9.97 Å². The van der Waals surface area contributed by atoms with Gasteiger partial charge in [-0.05, 0) is 31.2 Å². The summed E-state index contributed by atoms with van der Waals surface area (Å²) in [6.07, 6.45) is 0. The molecular weight excluding hydrogens is 238 g/mol. The van der Waals surface area contributed by atoms with Crippen molar-refractivity contribution in [2.75, 3.05) is 5.73 Å². The molecule has 0 bridgehead atoms. The minimum Gasteiger partial charge on any atom is -0.486 e. The Morgan fingerprint density at radius 1 is 1.24 bits per heavy atom. The van der Waals surface area contributed by atoms with Crippen LogP contribution in [0.1, 0.15) is 11.5 Å². The maximum absolute atomic E-state index is 5.77. The Kier molecular flexibility index (Phi) is 3.44. The highest BCUT2D eigenvalue weighted by molar-refractivity contribution is 6.30. The third-order valence-corrected chi connectivity index (χ3v) is 2.35. The molecule has 1 heterocycles. The van der Waals surface area contributed by atoms with Crippen molar-refractivity contribution in [3.05, 3.63) is 46.9 Å². The predicted octanol–water partition coefficient (Wildman–Crippen LogP) is 2.60. The summed E-state index contributed by atoms with van der Waals surface area (Å²) in [4.78, 5) is 8.31. The van der Waals surface area contributed by atoms with Crippen LogP contribution in [0, 0.1) is 6.92 Å². The number of aryl methyl sites for hydroxylation is 1. The van der Waals surface area contributed by atoms with Gasteiger partial charge in [-0.15, -0.1) is 0 Å². The summed E-state index contributed by atoms with van der Waals surface area (Å²) in [6.45, 7) is 2.15. The molecule has 88 valence electrons. The molecule has 1 aromatic heterocycles. The van der Waals surface area contributed by atoms with E-state index >= 15 is 0 Å². The Morgan fingerprint density at radius 2 is 1.94 bits per heavy atom. The smallest absolute Gasteiger partial charge is 0.168 e. The van der Waals surface area contributed by atoms with E-state index in [0.29, 0.717) is 16.7 Å². The van der Waals surface area contributed by atoms with Gasteiger partial charge in [-0.2, -0.15) is 0 Å². The fourth-order valence-electron chi connectivity index (χ4n) is 1.40. The van der Waals surface area contributed by atoms with Crippen molar-refractivity contribution in [3.63, 3.8) is 0 Å². The number of halogens is 1. The summed E-state index contributed by atoms with van der Waals surface area (Å²) in [6, 6.07) is 8.83. The second kappa shape index (κ2) is 5.01. The summed E-state index contributed by atoms with van der Waals surface area (Å²) in [7, 11) is 0. The monoisotopic (exact) mass is 249 g/mol. The zero-order valence-corrected chi connectivity index (χ0v) is 10.1. The Hall–Kier alpha value is -1.81. The lowest BCUT2D eigenvalue weighted by Crippen LogP contribution is -2.05. The number of nitrogen functional groups attached to an aromatic ring is 1. The second-order valence-corrected chi connectivity index (χ2v) is 4.03. The molecule has 0 saturated heterocycles. The third kappa shape index (κ3) is 3.32. The SMILES string of the molecule is Cc1cc(N)nc(COc2ccc(Cl)cc2)n1. The molecule has 0 fully saturated rings. The van der Waals surface area contributed by atoms with Crippen LogP contribution >= 0.6 is 11.6 Å². The van der Waals surface area contributed by atoms with Gasteiger partial charge in [-0.25, -0.2) is 9.97 Å². The summed E-state index contributed by atoms with van der Waals surface area (Å²) in [5.41, 5.74) is 6.45. The van der Waals surface area contributed by atoms with E-state index in [4.69, 9.17) is 22.1 Å². The van der Waals surface area contributed by atoms with Crippen LogP contribution in [0.15, 0.2) is 30.3 Å². The summed E-state index contributed by atoms with van der Waals surface area (Å²) >= 11 is 5.77. The number of ether oxygens (including phenoxy) is 1. The molecule has 17 heavy (non-hydrogen) atoms. The van der Waals surface area contributed by atoms with Gasteiger partial charge in [0, 0.05) is 16.8 Å². The number of hydrogen-bond donors (Lipinski definition) is 1. The van der Waals surface area contributed by atoms with Crippen molar-refractivity contribution >= 4 is 17.4 Å². The van der Waals surface area contributed by atoms with Crippen LogP contribution in [0.2, 0.25) is 5.02 Å². The molecular formula is C12H12ClN3O. The minimum absolute atomic E-state index is 0.285. The van der Waals surface area contributed by atoms with Gasteiger partial charge in [0.15, 0.2) is 5.82 Å². The van der Waals surface area contributed by atoms with Crippen molar-refractivity contribution in [3.8, 4) is 5.75 Å². The Labute approximate surface area is 104 Å². The van der Waals surface area contributed by atoms with E-state index in [2.05, 4.69) is 9.97 Å². The molecule has 0 aliphatic carbocycles. The topological polar surface area (TPSA) is 61.0 Å². The van der Waals surface area contributed by atoms with Gasteiger partial charge < -0.3 is 10.5 Å². The first-order chi connectivity index (χ1) is 8.13. The van der Waals surface area contributed by atoms with Crippen LogP contribution < -0.4 is 10.5 Å². The van der Waals surface area contributed by atoms with Gasteiger partial charge in [0.05, 0.1) is 0 Å². The summed E-state index contributed by atoms with van der Waals surface area (Å²) in [5, 5.41) is 0.674. The highest BCUT2D eigenvalue weighted by atomic mass is 35.5. The van der Waals surface area contributed by atoms with E-state index in [-0.39, 0.29) is 6.61 Å². The number of rotatable bonds is 3. The number of benzene rings is 1. The molecule has 0 aliphatic rings. The molecule has 0 unspecified atom stereocenters. The second-order valence-electron chi connectivity index (χ2n) is 3.59. The molecule has 0 saturated carbocycles. The van der Waals surface area contributed by atoms with E-state index < -0.39 is 0 Å². The Morgan fingerprint density at radius 3 is 2.59 bits per heavy atom. The largest absolute Gasteiger partial charge is 0.486 e. The standard InChI is InChI=1S/C12H12ClN3O/c1-8-6-11(14)16-12(15-8)7-17-10-4-2-9(13)3-5-10/h2-6H,7H2,1H3,(H2,14,15,16). The van der Waals surface area contributed by atoms with Crippen molar-refractivity contribution in [2.45, 2.75) is 13.5 Å². The van der Waals surface area contributed by atoms with Gasteiger partial charge in [0.25, 0.3) is 0 Å². The molecule has 1 aromatic carbocycles. The lowest BCUT2D eigenvalue weighted by molar-refractivity contribution is 0.295. The van der Waals surface area contributed by atoms with Gasteiger partial charge in [0.2, 0.25) is 0 Å². The molecule has 0 atom stereocenters. The third-order valence-electron chi connectivity index (χ3n) is 2.10. The average Bonchev–Trinajstić information content (AvgIpc) is 2.27. The zero-order chi connectivity index (χ0) is 12.3. The van der Waals surface area contributed by atoms with Gasteiger partial charge >= 0.3 is 0 Å². The molecule has 4 nitrogen and oxygen atoms in total. The van der Waals surface area contributed by atoms with Crippen molar-refractivity contribution < 1.29 is 4.74 Å². The average molecular weight is 250 g/mol. The molecule has 2 rings (SSSR count). The summed E-state index contributed by atoms with van der Waals surface area (Å²) < 4.78 is 5.52. The number of nitrogens with two attached hydrogens (primary N) is 1.